The Morgan fingerprint density at radius 2 is 1.86 bits per heavy atom. The van der Waals surface area contributed by atoms with Crippen molar-refractivity contribution in [2.45, 2.75) is 12.8 Å². The average Bonchev–Trinajstić information content (AvgIpc) is 3.14. The SMILES string of the molecule is O=C(COc1ccc(F)cc1Br)OCc1nc(-c2ccc(C(F)(F)F)cc2)no1. The lowest BCUT2D eigenvalue weighted by atomic mass is 10.1. The van der Waals surface area contributed by atoms with Gasteiger partial charge in [0.1, 0.15) is 11.6 Å². The summed E-state index contributed by atoms with van der Waals surface area (Å²) in [7, 11) is 0. The largest absolute Gasteiger partial charge is 0.481 e. The van der Waals surface area contributed by atoms with E-state index in [9.17, 15) is 22.4 Å². The molecule has 29 heavy (non-hydrogen) atoms. The molecule has 0 radical (unpaired) electrons. The van der Waals surface area contributed by atoms with Crippen molar-refractivity contribution in [1.29, 1.82) is 0 Å². The van der Waals surface area contributed by atoms with Crippen LogP contribution in [0.15, 0.2) is 51.5 Å². The van der Waals surface area contributed by atoms with Crippen LogP contribution in [-0.2, 0) is 22.3 Å². The molecule has 0 aliphatic rings. The highest BCUT2D eigenvalue weighted by atomic mass is 79.9. The van der Waals surface area contributed by atoms with E-state index in [1.54, 1.807) is 0 Å². The Labute approximate surface area is 169 Å². The van der Waals surface area contributed by atoms with Crippen molar-refractivity contribution in [2.75, 3.05) is 6.61 Å². The second-order valence-corrected chi connectivity index (χ2v) is 6.47. The third kappa shape index (κ3) is 5.53. The lowest BCUT2D eigenvalue weighted by Gasteiger charge is -2.07. The van der Waals surface area contributed by atoms with Crippen LogP contribution in [0, 0.1) is 5.82 Å². The molecular formula is C18H11BrF4N2O4. The first kappa shape index (κ1) is 20.8. The maximum atomic E-state index is 13.0. The molecule has 3 aromatic rings. The van der Waals surface area contributed by atoms with Crippen LogP contribution >= 0.6 is 15.9 Å². The first-order valence-corrected chi connectivity index (χ1v) is 8.75. The van der Waals surface area contributed by atoms with Gasteiger partial charge < -0.3 is 14.0 Å². The molecule has 0 bridgehead atoms. The third-order valence-corrected chi connectivity index (χ3v) is 4.15. The molecule has 0 saturated heterocycles. The Morgan fingerprint density at radius 3 is 2.52 bits per heavy atom. The van der Waals surface area contributed by atoms with Gasteiger partial charge in [-0.15, -0.1) is 0 Å². The highest BCUT2D eigenvalue weighted by molar-refractivity contribution is 9.10. The zero-order valence-electron chi connectivity index (χ0n) is 14.4. The molecule has 152 valence electrons. The van der Waals surface area contributed by atoms with Gasteiger partial charge in [0, 0.05) is 5.56 Å². The van der Waals surface area contributed by atoms with E-state index < -0.39 is 30.1 Å². The van der Waals surface area contributed by atoms with Crippen LogP contribution in [0.25, 0.3) is 11.4 Å². The summed E-state index contributed by atoms with van der Waals surface area (Å²) in [6, 6.07) is 7.91. The summed E-state index contributed by atoms with van der Waals surface area (Å²) >= 11 is 3.10. The normalized spacial score (nSPS) is 11.3. The van der Waals surface area contributed by atoms with Crippen molar-refractivity contribution < 1.29 is 36.4 Å². The fourth-order valence-electron chi connectivity index (χ4n) is 2.15. The Morgan fingerprint density at radius 1 is 1.14 bits per heavy atom. The van der Waals surface area contributed by atoms with Crippen LogP contribution in [0.3, 0.4) is 0 Å². The van der Waals surface area contributed by atoms with Crippen molar-refractivity contribution >= 4 is 21.9 Å². The van der Waals surface area contributed by atoms with Gasteiger partial charge in [-0.05, 0) is 46.3 Å². The number of aromatic nitrogens is 2. The molecule has 0 atom stereocenters. The molecule has 11 heteroatoms. The van der Waals surface area contributed by atoms with Crippen LogP contribution in [0.2, 0.25) is 0 Å². The van der Waals surface area contributed by atoms with Gasteiger partial charge in [-0.2, -0.15) is 18.2 Å². The van der Waals surface area contributed by atoms with E-state index in [2.05, 4.69) is 26.1 Å². The molecule has 0 saturated carbocycles. The Hall–Kier alpha value is -2.95. The minimum Gasteiger partial charge on any atom is -0.481 e. The topological polar surface area (TPSA) is 74.5 Å². The number of nitrogens with zero attached hydrogens (tertiary/aromatic N) is 2. The minimum absolute atomic E-state index is 0.0452. The van der Waals surface area contributed by atoms with Gasteiger partial charge in [-0.3, -0.25) is 0 Å². The van der Waals surface area contributed by atoms with Gasteiger partial charge in [0.25, 0.3) is 5.89 Å². The Kier molecular flexibility index (Phi) is 6.16. The molecule has 0 N–H and O–H groups in total. The highest BCUT2D eigenvalue weighted by Gasteiger charge is 2.30. The number of carbonyl (C=O) groups is 1. The monoisotopic (exact) mass is 474 g/mol. The first-order valence-electron chi connectivity index (χ1n) is 7.96. The predicted octanol–water partition coefficient (Wildman–Crippen LogP) is 4.78. The van der Waals surface area contributed by atoms with Crippen LogP contribution in [0.4, 0.5) is 17.6 Å². The summed E-state index contributed by atoms with van der Waals surface area (Å²) in [5, 5.41) is 3.64. The summed E-state index contributed by atoms with van der Waals surface area (Å²) in [4.78, 5) is 15.7. The number of alkyl halides is 3. The zero-order valence-corrected chi connectivity index (χ0v) is 16.0. The smallest absolute Gasteiger partial charge is 0.416 e. The maximum absolute atomic E-state index is 13.0. The van der Waals surface area contributed by atoms with E-state index in [0.717, 1.165) is 12.1 Å². The summed E-state index contributed by atoms with van der Waals surface area (Å²) < 4.78 is 66.1. The van der Waals surface area contributed by atoms with E-state index in [4.69, 9.17) is 14.0 Å². The second-order valence-electron chi connectivity index (χ2n) is 5.61. The summed E-state index contributed by atoms with van der Waals surface area (Å²) in [5.41, 5.74) is -0.490. The number of hydrogen-bond donors (Lipinski definition) is 0. The van der Waals surface area contributed by atoms with Crippen molar-refractivity contribution in [3.05, 3.63) is 64.2 Å². The predicted molar refractivity (Wildman–Crippen MR) is 94.1 cm³/mol. The van der Waals surface area contributed by atoms with Gasteiger partial charge in [-0.25, -0.2) is 9.18 Å². The minimum atomic E-state index is -4.44. The molecule has 1 heterocycles. The molecule has 3 rings (SSSR count). The Bertz CT molecular complexity index is 1010. The van der Waals surface area contributed by atoms with Crippen LogP contribution in [-0.4, -0.2) is 22.7 Å². The van der Waals surface area contributed by atoms with Gasteiger partial charge in [0.15, 0.2) is 13.2 Å². The van der Waals surface area contributed by atoms with Gasteiger partial charge >= 0.3 is 12.1 Å². The quantitative estimate of drug-likeness (QED) is 0.378. The fraction of sp³-hybridized carbons (Fsp3) is 0.167. The number of benzene rings is 2. The molecule has 0 amide bonds. The van der Waals surface area contributed by atoms with E-state index in [1.165, 1.54) is 30.3 Å². The zero-order chi connectivity index (χ0) is 21.0. The van der Waals surface area contributed by atoms with Crippen LogP contribution in [0.5, 0.6) is 5.75 Å². The number of halogens is 5. The van der Waals surface area contributed by atoms with E-state index in [0.29, 0.717) is 10.0 Å². The van der Waals surface area contributed by atoms with Crippen molar-refractivity contribution in [1.82, 2.24) is 10.1 Å². The van der Waals surface area contributed by atoms with Crippen molar-refractivity contribution in [2.24, 2.45) is 0 Å². The van der Waals surface area contributed by atoms with E-state index in [1.807, 2.05) is 0 Å². The lowest BCUT2D eigenvalue weighted by Crippen LogP contribution is -2.15. The molecule has 0 fully saturated rings. The average molecular weight is 475 g/mol. The number of hydrogen-bond acceptors (Lipinski definition) is 6. The van der Waals surface area contributed by atoms with Gasteiger partial charge in [0.2, 0.25) is 5.82 Å². The molecular weight excluding hydrogens is 464 g/mol. The first-order chi connectivity index (χ1) is 13.7. The third-order valence-electron chi connectivity index (χ3n) is 3.53. The summed E-state index contributed by atoms with van der Waals surface area (Å²) in [5.74, 6) is -0.944. The van der Waals surface area contributed by atoms with Crippen LogP contribution in [0.1, 0.15) is 11.5 Å². The number of carbonyl (C=O) groups excluding carboxylic acids is 1. The second kappa shape index (κ2) is 8.60. The number of ether oxygens (including phenoxy) is 2. The fourth-order valence-corrected chi connectivity index (χ4v) is 2.62. The van der Waals surface area contributed by atoms with E-state index >= 15 is 0 Å². The molecule has 2 aromatic carbocycles. The summed E-state index contributed by atoms with van der Waals surface area (Å²) in [6.07, 6.45) is -4.44. The molecule has 0 aliphatic heterocycles. The molecule has 0 spiro atoms. The Balaban J connectivity index is 1.53. The number of rotatable bonds is 6. The van der Waals surface area contributed by atoms with Crippen molar-refractivity contribution in [3.63, 3.8) is 0 Å². The molecule has 6 nitrogen and oxygen atoms in total. The molecule has 0 aliphatic carbocycles. The number of esters is 1. The van der Waals surface area contributed by atoms with Gasteiger partial charge in [0.05, 0.1) is 10.0 Å². The lowest BCUT2D eigenvalue weighted by molar-refractivity contribution is -0.148. The standard InChI is InChI=1S/C18H11BrF4N2O4/c19-13-7-12(20)5-6-14(13)27-9-16(26)28-8-15-24-17(25-29-15)10-1-3-11(4-2-10)18(21,22)23/h1-7H,8-9H2. The van der Waals surface area contributed by atoms with E-state index in [-0.39, 0.29) is 24.1 Å². The van der Waals surface area contributed by atoms with Crippen molar-refractivity contribution in [3.8, 4) is 17.1 Å². The van der Waals surface area contributed by atoms with Crippen LogP contribution < -0.4 is 4.74 Å². The molecule has 1 aromatic heterocycles. The molecule has 0 unspecified atom stereocenters. The van der Waals surface area contributed by atoms with Gasteiger partial charge in [-0.1, -0.05) is 17.3 Å². The maximum Gasteiger partial charge on any atom is 0.416 e. The summed E-state index contributed by atoms with van der Waals surface area (Å²) in [6.45, 7) is -0.787. The highest BCUT2D eigenvalue weighted by Crippen LogP contribution is 2.30.